The van der Waals surface area contributed by atoms with Gasteiger partial charge in [-0.2, -0.15) is 9.97 Å². The molecule has 12 heteroatoms. The average Bonchev–Trinajstić information content (AvgIpc) is 3.88. The molecule has 0 saturated heterocycles. The van der Waals surface area contributed by atoms with Gasteiger partial charge >= 0.3 is 0 Å². The SMILES string of the molecule is CC(C)CCCCCc1ccc(Nc2ncc3ccn(-c4ccccn4)c3n2)cc1.COc1cc(Nc2ncc3ccn(-c4cccc(C)c4)c3n2)cc(OC)c1OC. The zero-order chi connectivity index (χ0) is 41.1. The quantitative estimate of drug-likeness (QED) is 0.0969. The third kappa shape index (κ3) is 9.96. The van der Waals surface area contributed by atoms with E-state index in [4.69, 9.17) is 24.2 Å². The summed E-state index contributed by atoms with van der Waals surface area (Å²) in [4.78, 5) is 22.7. The number of anilines is 4. The Morgan fingerprint density at radius 2 is 1.29 bits per heavy atom. The lowest BCUT2D eigenvalue weighted by molar-refractivity contribution is 0.324. The molecule has 3 aromatic carbocycles. The van der Waals surface area contributed by atoms with Gasteiger partial charge in [-0.15, -0.1) is 0 Å². The summed E-state index contributed by atoms with van der Waals surface area (Å²) in [5, 5.41) is 8.50. The van der Waals surface area contributed by atoms with Crippen LogP contribution in [-0.4, -0.2) is 55.4 Å². The Kier molecular flexibility index (Phi) is 13.0. The number of fused-ring (bicyclic) bond motifs is 2. The Morgan fingerprint density at radius 3 is 1.90 bits per heavy atom. The number of benzene rings is 3. The number of methoxy groups -OCH3 is 3. The van der Waals surface area contributed by atoms with Crippen molar-refractivity contribution in [3.05, 3.63) is 133 Å². The lowest BCUT2D eigenvalue weighted by Gasteiger charge is -2.14. The molecule has 0 aliphatic carbocycles. The minimum Gasteiger partial charge on any atom is -0.493 e. The first-order valence-corrected chi connectivity index (χ1v) is 19.9. The molecule has 0 unspecified atom stereocenters. The molecular weight excluding hydrogens is 739 g/mol. The van der Waals surface area contributed by atoms with Gasteiger partial charge in [0, 0.05) is 71.0 Å². The van der Waals surface area contributed by atoms with Gasteiger partial charge in [-0.3, -0.25) is 4.57 Å². The van der Waals surface area contributed by atoms with E-state index in [2.05, 4.69) is 88.8 Å². The summed E-state index contributed by atoms with van der Waals surface area (Å²) in [5.74, 6) is 4.35. The minimum atomic E-state index is 0.472. The number of hydrogen-bond donors (Lipinski definition) is 2. The molecule has 0 aliphatic rings. The Morgan fingerprint density at radius 1 is 0.627 bits per heavy atom. The number of pyridine rings is 1. The fourth-order valence-corrected chi connectivity index (χ4v) is 6.85. The number of aromatic nitrogens is 7. The fourth-order valence-electron chi connectivity index (χ4n) is 6.85. The van der Waals surface area contributed by atoms with Crippen molar-refractivity contribution in [1.82, 2.24) is 34.1 Å². The molecule has 0 aliphatic heterocycles. The van der Waals surface area contributed by atoms with Crippen molar-refractivity contribution in [2.75, 3.05) is 32.0 Å². The third-order valence-electron chi connectivity index (χ3n) is 9.91. The first-order chi connectivity index (χ1) is 28.8. The summed E-state index contributed by atoms with van der Waals surface area (Å²) in [6.07, 6.45) is 15.8. The molecule has 2 N–H and O–H groups in total. The van der Waals surface area contributed by atoms with Crippen molar-refractivity contribution >= 4 is 45.3 Å². The van der Waals surface area contributed by atoms with Crippen LogP contribution in [0.15, 0.2) is 122 Å². The topological polar surface area (TPSA) is 126 Å². The molecule has 59 heavy (non-hydrogen) atoms. The molecule has 12 nitrogen and oxygen atoms in total. The molecule has 0 radical (unpaired) electrons. The van der Waals surface area contributed by atoms with Crippen LogP contribution < -0.4 is 24.8 Å². The predicted octanol–water partition coefficient (Wildman–Crippen LogP) is 10.8. The van der Waals surface area contributed by atoms with Crippen LogP contribution in [0, 0.1) is 12.8 Å². The van der Waals surface area contributed by atoms with E-state index in [-0.39, 0.29) is 0 Å². The van der Waals surface area contributed by atoms with Crippen molar-refractivity contribution in [3.63, 3.8) is 0 Å². The van der Waals surface area contributed by atoms with Gasteiger partial charge in [0.15, 0.2) is 17.1 Å². The normalized spacial score (nSPS) is 11.0. The van der Waals surface area contributed by atoms with Crippen LogP contribution in [0.4, 0.5) is 23.3 Å². The second kappa shape index (κ2) is 19.0. The zero-order valence-corrected chi connectivity index (χ0v) is 34.5. The van der Waals surface area contributed by atoms with Gasteiger partial charge in [0.2, 0.25) is 17.6 Å². The first kappa shape index (κ1) is 40.3. The summed E-state index contributed by atoms with van der Waals surface area (Å²) >= 11 is 0. The van der Waals surface area contributed by atoms with Crippen LogP contribution in [0.1, 0.15) is 50.7 Å². The third-order valence-corrected chi connectivity index (χ3v) is 9.91. The summed E-state index contributed by atoms with van der Waals surface area (Å²) < 4.78 is 20.2. The van der Waals surface area contributed by atoms with Gasteiger partial charge in [0.25, 0.3) is 0 Å². The van der Waals surface area contributed by atoms with Crippen molar-refractivity contribution < 1.29 is 14.2 Å². The molecule has 5 heterocycles. The van der Waals surface area contributed by atoms with Crippen LogP contribution >= 0.6 is 0 Å². The van der Waals surface area contributed by atoms with E-state index in [0.717, 1.165) is 57.3 Å². The lowest BCUT2D eigenvalue weighted by atomic mass is 10.0. The second-order valence-corrected chi connectivity index (χ2v) is 14.7. The minimum absolute atomic E-state index is 0.472. The maximum atomic E-state index is 5.41. The molecule has 0 spiro atoms. The highest BCUT2D eigenvalue weighted by Crippen LogP contribution is 2.40. The largest absolute Gasteiger partial charge is 0.493 e. The highest BCUT2D eigenvalue weighted by molar-refractivity contribution is 5.80. The van der Waals surface area contributed by atoms with E-state index in [9.17, 15) is 0 Å². The summed E-state index contributed by atoms with van der Waals surface area (Å²) in [6, 6.07) is 30.4. The van der Waals surface area contributed by atoms with Crippen LogP contribution in [0.3, 0.4) is 0 Å². The molecule has 302 valence electrons. The van der Waals surface area contributed by atoms with Gasteiger partial charge in [-0.25, -0.2) is 15.0 Å². The molecule has 0 atom stereocenters. The predicted molar refractivity (Wildman–Crippen MR) is 236 cm³/mol. The van der Waals surface area contributed by atoms with E-state index in [1.54, 1.807) is 33.7 Å². The Balaban J connectivity index is 0.000000179. The van der Waals surface area contributed by atoms with Crippen molar-refractivity contribution in [2.45, 2.75) is 52.9 Å². The van der Waals surface area contributed by atoms with Crippen LogP contribution in [0.25, 0.3) is 33.6 Å². The first-order valence-electron chi connectivity index (χ1n) is 19.9. The summed E-state index contributed by atoms with van der Waals surface area (Å²) in [6.45, 7) is 6.66. The second-order valence-electron chi connectivity index (χ2n) is 14.7. The van der Waals surface area contributed by atoms with E-state index in [1.807, 2.05) is 76.3 Å². The Labute approximate surface area is 345 Å². The maximum Gasteiger partial charge on any atom is 0.229 e. The lowest BCUT2D eigenvalue weighted by Crippen LogP contribution is -2.01. The van der Waals surface area contributed by atoms with Crippen LogP contribution in [0.5, 0.6) is 17.2 Å². The maximum absolute atomic E-state index is 5.41. The highest BCUT2D eigenvalue weighted by atomic mass is 16.5. The number of nitrogens with zero attached hydrogens (tertiary/aromatic N) is 7. The molecule has 0 bridgehead atoms. The van der Waals surface area contributed by atoms with Crippen LogP contribution in [-0.2, 0) is 6.42 Å². The summed E-state index contributed by atoms with van der Waals surface area (Å²) in [7, 11) is 4.74. The van der Waals surface area contributed by atoms with Gasteiger partial charge in [0.05, 0.1) is 21.3 Å². The van der Waals surface area contributed by atoms with Crippen molar-refractivity contribution in [3.8, 4) is 28.8 Å². The zero-order valence-electron chi connectivity index (χ0n) is 34.5. The van der Waals surface area contributed by atoms with E-state index < -0.39 is 0 Å². The van der Waals surface area contributed by atoms with Gasteiger partial charge in [-0.1, -0.05) is 63.4 Å². The Hall–Kier alpha value is -6.95. The molecular formula is C47H51N9O3. The summed E-state index contributed by atoms with van der Waals surface area (Å²) in [5.41, 5.74) is 7.00. The number of aryl methyl sites for hydroxylation is 2. The number of nitrogens with one attached hydrogen (secondary N) is 2. The van der Waals surface area contributed by atoms with E-state index in [0.29, 0.717) is 29.1 Å². The molecule has 8 rings (SSSR count). The smallest absolute Gasteiger partial charge is 0.229 e. The van der Waals surface area contributed by atoms with Crippen LogP contribution in [0.2, 0.25) is 0 Å². The molecule has 5 aromatic heterocycles. The highest BCUT2D eigenvalue weighted by Gasteiger charge is 2.15. The number of unbranched alkanes of at least 4 members (excludes halogenated alkanes) is 2. The standard InChI is InChI=1S/C25H29N5.C22H22N4O3/c1-19(2)8-4-3-5-9-20-11-13-22(14-12-20)28-25-27-18-21-15-17-30(24(21)29-25)23-10-6-7-16-26-23;1-14-6-5-7-17(10-14)26-9-8-15-13-23-22(25-21(15)26)24-16-11-18(27-2)20(29-4)19(12-16)28-3/h6-7,10-19H,3-5,8-9H2,1-2H3,(H,27,28,29);5-13H,1-4H3,(H,23,24,25). The average molecular weight is 790 g/mol. The molecule has 8 aromatic rings. The number of ether oxygens (including phenoxy) is 3. The van der Waals surface area contributed by atoms with Crippen molar-refractivity contribution in [2.24, 2.45) is 5.92 Å². The fraction of sp³-hybridized carbons (Fsp3) is 0.255. The van der Waals surface area contributed by atoms with Crippen molar-refractivity contribution in [1.29, 1.82) is 0 Å². The van der Waals surface area contributed by atoms with Gasteiger partial charge in [0.1, 0.15) is 11.5 Å². The number of hydrogen-bond acceptors (Lipinski definition) is 10. The van der Waals surface area contributed by atoms with E-state index in [1.165, 1.54) is 36.8 Å². The molecule has 0 saturated carbocycles. The van der Waals surface area contributed by atoms with Gasteiger partial charge in [-0.05, 0) is 85.3 Å². The Bertz CT molecular complexity index is 2580. The van der Waals surface area contributed by atoms with E-state index >= 15 is 0 Å². The number of rotatable bonds is 15. The van der Waals surface area contributed by atoms with Gasteiger partial charge < -0.3 is 29.4 Å². The molecule has 0 fully saturated rings. The molecule has 0 amide bonds. The monoisotopic (exact) mass is 789 g/mol.